The molecule has 2 aromatic carbocycles. The number of anilines is 1. The molecular weight excluding hydrogens is 394 g/mol. The van der Waals surface area contributed by atoms with Crippen molar-refractivity contribution in [2.75, 3.05) is 24.7 Å². The van der Waals surface area contributed by atoms with Gasteiger partial charge in [0.25, 0.3) is 0 Å². The summed E-state index contributed by atoms with van der Waals surface area (Å²) in [7, 11) is 0. The fourth-order valence-corrected chi connectivity index (χ4v) is 3.53. The van der Waals surface area contributed by atoms with E-state index in [-0.39, 0.29) is 25.2 Å². The zero-order valence-corrected chi connectivity index (χ0v) is 15.9. The second-order valence-corrected chi connectivity index (χ2v) is 7.23. The smallest absolute Gasteiger partial charge is 0.234 e. The van der Waals surface area contributed by atoms with Crippen LogP contribution in [-0.4, -0.2) is 35.4 Å². The molecule has 2 aliphatic rings. The molecule has 0 unspecified atom stereocenters. The van der Waals surface area contributed by atoms with E-state index in [2.05, 4.69) is 15.5 Å². The van der Waals surface area contributed by atoms with E-state index in [0.717, 1.165) is 17.0 Å². The van der Waals surface area contributed by atoms with Crippen molar-refractivity contribution in [2.24, 2.45) is 0 Å². The maximum Gasteiger partial charge on any atom is 0.234 e. The van der Waals surface area contributed by atoms with Crippen LogP contribution in [0.15, 0.2) is 53.6 Å². The molecule has 0 spiro atoms. The van der Waals surface area contributed by atoms with Crippen LogP contribution < -0.4 is 24.3 Å². The summed E-state index contributed by atoms with van der Waals surface area (Å²) in [6, 6.07) is 14.6. The van der Waals surface area contributed by atoms with Crippen molar-refractivity contribution in [1.82, 2.24) is 10.2 Å². The van der Waals surface area contributed by atoms with Crippen LogP contribution in [0.5, 0.6) is 23.0 Å². The molecule has 29 heavy (non-hydrogen) atoms. The highest BCUT2D eigenvalue weighted by molar-refractivity contribution is 7.99. The first kappa shape index (κ1) is 17.6. The number of thioether (sulfide) groups is 1. The van der Waals surface area contributed by atoms with Crippen LogP contribution in [0, 0.1) is 0 Å². The van der Waals surface area contributed by atoms with Crippen molar-refractivity contribution >= 4 is 23.4 Å². The topological polar surface area (TPSA) is 91.8 Å². The molecule has 0 radical (unpaired) electrons. The van der Waals surface area contributed by atoms with E-state index >= 15 is 0 Å². The fourth-order valence-electron chi connectivity index (χ4n) is 2.92. The Balaban J connectivity index is 1.18. The van der Waals surface area contributed by atoms with Crippen LogP contribution in [0.25, 0.3) is 11.3 Å². The molecule has 8 nitrogen and oxygen atoms in total. The number of aromatic nitrogens is 2. The number of amides is 1. The Morgan fingerprint density at radius 2 is 1.59 bits per heavy atom. The Labute approximate surface area is 170 Å². The van der Waals surface area contributed by atoms with Gasteiger partial charge in [0, 0.05) is 17.3 Å². The minimum atomic E-state index is -0.143. The summed E-state index contributed by atoms with van der Waals surface area (Å²) in [6.07, 6.45) is 0. The van der Waals surface area contributed by atoms with Gasteiger partial charge in [-0.3, -0.25) is 4.79 Å². The highest BCUT2D eigenvalue weighted by Gasteiger charge is 2.16. The quantitative estimate of drug-likeness (QED) is 0.642. The van der Waals surface area contributed by atoms with Crippen LogP contribution in [0.2, 0.25) is 0 Å². The summed E-state index contributed by atoms with van der Waals surface area (Å²) in [5.41, 5.74) is 2.26. The molecule has 0 fully saturated rings. The third-order valence-corrected chi connectivity index (χ3v) is 5.24. The average molecular weight is 409 g/mol. The molecule has 0 saturated heterocycles. The molecule has 1 N–H and O–H groups in total. The van der Waals surface area contributed by atoms with Gasteiger partial charge in [-0.15, -0.1) is 10.2 Å². The van der Waals surface area contributed by atoms with Crippen LogP contribution in [0.4, 0.5) is 5.69 Å². The third kappa shape index (κ3) is 3.77. The summed E-state index contributed by atoms with van der Waals surface area (Å²) in [5.74, 6) is 2.79. The first-order valence-corrected chi connectivity index (χ1v) is 9.79. The van der Waals surface area contributed by atoms with E-state index in [4.69, 9.17) is 18.9 Å². The number of ether oxygens (including phenoxy) is 4. The first-order valence-electron chi connectivity index (χ1n) is 8.81. The van der Waals surface area contributed by atoms with Crippen LogP contribution >= 0.6 is 11.8 Å². The zero-order chi connectivity index (χ0) is 19.6. The standard InChI is InChI=1S/C20H15N3O5S/c24-19(21-13-2-5-16-18(8-13)28-11-26-16)9-29-20-6-3-14(22-23-20)12-1-4-15-17(7-12)27-10-25-15/h1-8H,9-11H2,(H,21,24). The molecule has 0 saturated carbocycles. The van der Waals surface area contributed by atoms with Crippen LogP contribution in [0.3, 0.4) is 0 Å². The Bertz CT molecular complexity index is 1070. The number of hydrogen-bond donors (Lipinski definition) is 1. The Kier molecular flexibility index (Phi) is 4.57. The molecular formula is C20H15N3O5S. The second-order valence-electron chi connectivity index (χ2n) is 6.23. The molecule has 0 atom stereocenters. The number of hydrogen-bond acceptors (Lipinski definition) is 8. The highest BCUT2D eigenvalue weighted by atomic mass is 32.2. The van der Waals surface area contributed by atoms with Gasteiger partial charge in [0.15, 0.2) is 23.0 Å². The van der Waals surface area contributed by atoms with E-state index in [1.54, 1.807) is 18.2 Å². The molecule has 0 bridgehead atoms. The lowest BCUT2D eigenvalue weighted by Gasteiger charge is -2.06. The molecule has 3 heterocycles. The molecule has 3 aromatic rings. The predicted molar refractivity (Wildman–Crippen MR) is 106 cm³/mol. The lowest BCUT2D eigenvalue weighted by atomic mass is 10.1. The monoisotopic (exact) mass is 409 g/mol. The number of carbonyl (C=O) groups excluding carboxylic acids is 1. The SMILES string of the molecule is O=C(CSc1ccc(-c2ccc3c(c2)OCO3)nn1)Nc1ccc2c(c1)OCO2. The Hall–Kier alpha value is -3.46. The molecule has 2 aliphatic heterocycles. The maximum absolute atomic E-state index is 12.2. The van der Waals surface area contributed by atoms with E-state index in [0.29, 0.717) is 28.0 Å². The van der Waals surface area contributed by atoms with Gasteiger partial charge >= 0.3 is 0 Å². The van der Waals surface area contributed by atoms with Gasteiger partial charge in [0.05, 0.1) is 11.4 Å². The molecule has 146 valence electrons. The van der Waals surface area contributed by atoms with Crippen molar-refractivity contribution in [3.05, 3.63) is 48.5 Å². The van der Waals surface area contributed by atoms with Crippen molar-refractivity contribution in [1.29, 1.82) is 0 Å². The zero-order valence-electron chi connectivity index (χ0n) is 15.1. The summed E-state index contributed by atoms with van der Waals surface area (Å²) in [5, 5.41) is 11.9. The minimum Gasteiger partial charge on any atom is -0.454 e. The van der Waals surface area contributed by atoms with Gasteiger partial charge in [-0.2, -0.15) is 0 Å². The van der Waals surface area contributed by atoms with Gasteiger partial charge in [-0.25, -0.2) is 0 Å². The summed E-state index contributed by atoms with van der Waals surface area (Å²) in [4.78, 5) is 12.2. The Morgan fingerprint density at radius 1 is 0.862 bits per heavy atom. The predicted octanol–water partition coefficient (Wildman–Crippen LogP) is 3.33. The van der Waals surface area contributed by atoms with Gasteiger partial charge in [0.1, 0.15) is 5.03 Å². The highest BCUT2D eigenvalue weighted by Crippen LogP contribution is 2.36. The number of nitrogens with zero attached hydrogens (tertiary/aromatic N) is 2. The molecule has 9 heteroatoms. The second kappa shape index (κ2) is 7.51. The third-order valence-electron chi connectivity index (χ3n) is 4.32. The van der Waals surface area contributed by atoms with Crippen molar-refractivity contribution in [2.45, 2.75) is 5.03 Å². The van der Waals surface area contributed by atoms with Crippen molar-refractivity contribution in [3.63, 3.8) is 0 Å². The summed E-state index contributed by atoms with van der Waals surface area (Å²) in [6.45, 7) is 0.428. The molecule has 1 aromatic heterocycles. The summed E-state index contributed by atoms with van der Waals surface area (Å²) >= 11 is 1.31. The largest absolute Gasteiger partial charge is 0.454 e. The molecule has 1 amide bonds. The van der Waals surface area contributed by atoms with E-state index < -0.39 is 0 Å². The molecule has 0 aliphatic carbocycles. The molecule has 5 rings (SSSR count). The van der Waals surface area contributed by atoms with E-state index in [9.17, 15) is 4.79 Å². The Morgan fingerprint density at radius 3 is 2.34 bits per heavy atom. The number of nitrogens with one attached hydrogen (secondary N) is 1. The number of rotatable bonds is 5. The van der Waals surface area contributed by atoms with E-state index in [1.165, 1.54) is 11.8 Å². The van der Waals surface area contributed by atoms with Crippen LogP contribution in [0.1, 0.15) is 0 Å². The lowest BCUT2D eigenvalue weighted by Crippen LogP contribution is -2.14. The normalized spacial score (nSPS) is 13.4. The number of carbonyl (C=O) groups is 1. The van der Waals surface area contributed by atoms with Crippen molar-refractivity contribution < 1.29 is 23.7 Å². The van der Waals surface area contributed by atoms with Gasteiger partial charge < -0.3 is 24.3 Å². The fraction of sp³-hybridized carbons (Fsp3) is 0.150. The average Bonchev–Trinajstić information content (AvgIpc) is 3.41. The van der Waals surface area contributed by atoms with Gasteiger partial charge in [0.2, 0.25) is 19.5 Å². The first-order chi connectivity index (χ1) is 14.2. The maximum atomic E-state index is 12.2. The number of fused-ring (bicyclic) bond motifs is 2. The van der Waals surface area contributed by atoms with Crippen LogP contribution in [-0.2, 0) is 4.79 Å². The van der Waals surface area contributed by atoms with Gasteiger partial charge in [-0.05, 0) is 42.5 Å². The summed E-state index contributed by atoms with van der Waals surface area (Å²) < 4.78 is 21.3. The minimum absolute atomic E-state index is 0.143. The lowest BCUT2D eigenvalue weighted by molar-refractivity contribution is -0.113. The van der Waals surface area contributed by atoms with Gasteiger partial charge in [-0.1, -0.05) is 11.8 Å². The van der Waals surface area contributed by atoms with Crippen molar-refractivity contribution in [3.8, 4) is 34.3 Å². The number of benzene rings is 2. The van der Waals surface area contributed by atoms with E-state index in [1.807, 2.05) is 30.3 Å².